The number of carbonyl (C=O) groups excluding carboxylic acids is 1. The first kappa shape index (κ1) is 13.0. The monoisotopic (exact) mass is 269 g/mol. The van der Waals surface area contributed by atoms with Gasteiger partial charge in [0.05, 0.1) is 11.6 Å². The predicted octanol–water partition coefficient (Wildman–Crippen LogP) is 2.98. The van der Waals surface area contributed by atoms with Gasteiger partial charge in [-0.3, -0.25) is 10.1 Å². The Morgan fingerprint density at radius 2 is 2.16 bits per heavy atom. The summed E-state index contributed by atoms with van der Waals surface area (Å²) >= 11 is 1.43. The zero-order valence-electron chi connectivity index (χ0n) is 10.3. The number of thiazole rings is 1. The molecule has 0 aliphatic heterocycles. The molecule has 1 aromatic heterocycles. The van der Waals surface area contributed by atoms with Gasteiger partial charge in [0.2, 0.25) is 5.91 Å². The molecule has 0 saturated carbocycles. The SMILES string of the molecule is Cc1cnc(NC(=O)C=Cc2ccc(C#N)cc2)s1. The minimum atomic E-state index is -0.223. The van der Waals surface area contributed by atoms with Gasteiger partial charge in [0.15, 0.2) is 5.13 Å². The standard InChI is InChI=1S/C14H11N3OS/c1-10-9-16-14(19-10)17-13(18)7-6-11-2-4-12(8-15)5-3-11/h2-7,9H,1H3,(H,16,17,18). The van der Waals surface area contributed by atoms with Gasteiger partial charge < -0.3 is 0 Å². The van der Waals surface area contributed by atoms with Crippen molar-refractivity contribution >= 4 is 28.5 Å². The topological polar surface area (TPSA) is 65.8 Å². The largest absolute Gasteiger partial charge is 0.298 e. The molecule has 1 N–H and O–H groups in total. The van der Waals surface area contributed by atoms with Crippen LogP contribution in [0.25, 0.3) is 6.08 Å². The van der Waals surface area contributed by atoms with Crippen molar-refractivity contribution in [1.29, 1.82) is 5.26 Å². The molecule has 0 aliphatic rings. The van der Waals surface area contributed by atoms with E-state index in [1.807, 2.05) is 13.0 Å². The third-order valence-electron chi connectivity index (χ3n) is 2.32. The van der Waals surface area contributed by atoms with Crippen LogP contribution in [0.1, 0.15) is 16.0 Å². The summed E-state index contributed by atoms with van der Waals surface area (Å²) in [5.41, 5.74) is 1.46. The number of amides is 1. The van der Waals surface area contributed by atoms with Crippen molar-refractivity contribution in [1.82, 2.24) is 4.98 Å². The first-order chi connectivity index (χ1) is 9.17. The average molecular weight is 269 g/mol. The van der Waals surface area contributed by atoms with E-state index in [4.69, 9.17) is 5.26 Å². The molecule has 1 heterocycles. The van der Waals surface area contributed by atoms with Gasteiger partial charge in [-0.25, -0.2) is 4.98 Å². The maximum Gasteiger partial charge on any atom is 0.250 e. The molecule has 94 valence electrons. The smallest absolute Gasteiger partial charge is 0.250 e. The van der Waals surface area contributed by atoms with E-state index in [1.54, 1.807) is 36.5 Å². The molecule has 2 aromatic rings. The van der Waals surface area contributed by atoms with Gasteiger partial charge >= 0.3 is 0 Å². The second-order valence-corrected chi connectivity index (χ2v) is 5.07. The van der Waals surface area contributed by atoms with E-state index in [0.717, 1.165) is 10.4 Å². The Balaban J connectivity index is 1.97. The Labute approximate surface area is 115 Å². The molecule has 5 heteroatoms. The Hall–Kier alpha value is -2.45. The van der Waals surface area contributed by atoms with Crippen molar-refractivity contribution < 1.29 is 4.79 Å². The molecule has 0 unspecified atom stereocenters. The van der Waals surface area contributed by atoms with E-state index < -0.39 is 0 Å². The van der Waals surface area contributed by atoms with Crippen LogP contribution in [-0.2, 0) is 4.79 Å². The highest BCUT2D eigenvalue weighted by molar-refractivity contribution is 7.15. The van der Waals surface area contributed by atoms with E-state index >= 15 is 0 Å². The molecule has 1 amide bonds. The van der Waals surface area contributed by atoms with Gasteiger partial charge in [-0.15, -0.1) is 11.3 Å². The van der Waals surface area contributed by atoms with Crippen molar-refractivity contribution in [2.45, 2.75) is 6.92 Å². The number of benzene rings is 1. The number of aromatic nitrogens is 1. The van der Waals surface area contributed by atoms with Crippen LogP contribution < -0.4 is 5.32 Å². The number of nitrogens with one attached hydrogen (secondary N) is 1. The Bertz CT molecular complexity index is 650. The number of hydrogen-bond acceptors (Lipinski definition) is 4. The van der Waals surface area contributed by atoms with Gasteiger partial charge in [0, 0.05) is 17.2 Å². The summed E-state index contributed by atoms with van der Waals surface area (Å²) < 4.78 is 0. The van der Waals surface area contributed by atoms with Crippen molar-refractivity contribution in [3.63, 3.8) is 0 Å². The zero-order chi connectivity index (χ0) is 13.7. The highest BCUT2D eigenvalue weighted by Gasteiger charge is 2.01. The molecule has 0 radical (unpaired) electrons. The van der Waals surface area contributed by atoms with Crippen LogP contribution in [0, 0.1) is 18.3 Å². The minimum absolute atomic E-state index is 0.223. The van der Waals surface area contributed by atoms with Crippen LogP contribution in [0.5, 0.6) is 0 Å². The molecule has 0 spiro atoms. The quantitative estimate of drug-likeness (QED) is 0.871. The minimum Gasteiger partial charge on any atom is -0.298 e. The fourth-order valence-electron chi connectivity index (χ4n) is 1.40. The molecule has 0 aliphatic carbocycles. The molecule has 0 saturated heterocycles. The van der Waals surface area contributed by atoms with Crippen molar-refractivity contribution in [2.24, 2.45) is 0 Å². The molecular formula is C14H11N3OS. The second kappa shape index (κ2) is 5.94. The van der Waals surface area contributed by atoms with Gasteiger partial charge in [-0.05, 0) is 30.7 Å². The molecule has 0 atom stereocenters. The lowest BCUT2D eigenvalue weighted by atomic mass is 10.1. The fourth-order valence-corrected chi connectivity index (χ4v) is 2.07. The zero-order valence-corrected chi connectivity index (χ0v) is 11.1. The van der Waals surface area contributed by atoms with E-state index in [2.05, 4.69) is 10.3 Å². The Kier molecular flexibility index (Phi) is 4.06. The van der Waals surface area contributed by atoms with Gasteiger partial charge in [-0.1, -0.05) is 12.1 Å². The van der Waals surface area contributed by atoms with E-state index in [1.165, 1.54) is 17.4 Å². The molecule has 0 fully saturated rings. The summed E-state index contributed by atoms with van der Waals surface area (Å²) in [6, 6.07) is 9.04. The van der Waals surface area contributed by atoms with Crippen molar-refractivity contribution in [3.05, 3.63) is 52.5 Å². The Morgan fingerprint density at radius 1 is 1.42 bits per heavy atom. The lowest BCUT2D eigenvalue weighted by molar-refractivity contribution is -0.111. The first-order valence-electron chi connectivity index (χ1n) is 5.59. The third-order valence-corrected chi connectivity index (χ3v) is 3.15. The van der Waals surface area contributed by atoms with Crippen LogP contribution in [-0.4, -0.2) is 10.9 Å². The number of nitrogens with zero attached hydrogens (tertiary/aromatic N) is 2. The molecule has 4 nitrogen and oxygen atoms in total. The molecule has 1 aromatic carbocycles. The average Bonchev–Trinajstić information content (AvgIpc) is 2.82. The Morgan fingerprint density at radius 3 is 2.74 bits per heavy atom. The number of aryl methyl sites for hydroxylation is 1. The summed E-state index contributed by atoms with van der Waals surface area (Å²) in [4.78, 5) is 16.7. The van der Waals surface area contributed by atoms with Crippen molar-refractivity contribution in [2.75, 3.05) is 5.32 Å². The lowest BCUT2D eigenvalue weighted by Crippen LogP contribution is -2.06. The van der Waals surface area contributed by atoms with E-state index in [9.17, 15) is 4.79 Å². The summed E-state index contributed by atoms with van der Waals surface area (Å²) in [5.74, 6) is -0.223. The number of nitriles is 1. The predicted molar refractivity (Wildman–Crippen MR) is 75.7 cm³/mol. The first-order valence-corrected chi connectivity index (χ1v) is 6.41. The third kappa shape index (κ3) is 3.76. The highest BCUT2D eigenvalue weighted by atomic mass is 32.1. The number of rotatable bonds is 3. The highest BCUT2D eigenvalue weighted by Crippen LogP contribution is 2.16. The van der Waals surface area contributed by atoms with Gasteiger partial charge in [-0.2, -0.15) is 5.26 Å². The summed E-state index contributed by atoms with van der Waals surface area (Å²) in [7, 11) is 0. The normalized spacial score (nSPS) is 10.3. The van der Waals surface area contributed by atoms with E-state index in [-0.39, 0.29) is 5.91 Å². The van der Waals surface area contributed by atoms with Crippen LogP contribution >= 0.6 is 11.3 Å². The second-order valence-electron chi connectivity index (χ2n) is 3.83. The summed E-state index contributed by atoms with van der Waals surface area (Å²) in [5, 5.41) is 11.9. The number of hydrogen-bond donors (Lipinski definition) is 1. The van der Waals surface area contributed by atoms with Crippen molar-refractivity contribution in [3.8, 4) is 6.07 Å². The van der Waals surface area contributed by atoms with Crippen LogP contribution in [0.4, 0.5) is 5.13 Å². The van der Waals surface area contributed by atoms with Crippen LogP contribution in [0.3, 0.4) is 0 Å². The van der Waals surface area contributed by atoms with Gasteiger partial charge in [0.25, 0.3) is 0 Å². The van der Waals surface area contributed by atoms with Gasteiger partial charge in [0.1, 0.15) is 0 Å². The van der Waals surface area contributed by atoms with Crippen LogP contribution in [0.2, 0.25) is 0 Å². The number of anilines is 1. The number of carbonyl (C=O) groups is 1. The van der Waals surface area contributed by atoms with E-state index in [0.29, 0.717) is 10.7 Å². The lowest BCUT2D eigenvalue weighted by Gasteiger charge is -1.96. The summed E-state index contributed by atoms with van der Waals surface area (Å²) in [6.45, 7) is 1.93. The maximum atomic E-state index is 11.6. The van der Waals surface area contributed by atoms with Crippen LogP contribution in [0.15, 0.2) is 36.5 Å². The molecule has 2 rings (SSSR count). The molecule has 0 bridgehead atoms. The molecular weight excluding hydrogens is 258 g/mol. The summed E-state index contributed by atoms with van der Waals surface area (Å²) in [6.07, 6.45) is 4.85. The maximum absolute atomic E-state index is 11.6. The molecule has 19 heavy (non-hydrogen) atoms. The fraction of sp³-hybridized carbons (Fsp3) is 0.0714.